The SMILES string of the molecule is CN1CC=CC1C(=O)N1CCCC1. The minimum atomic E-state index is 0.0121. The summed E-state index contributed by atoms with van der Waals surface area (Å²) in [6, 6.07) is 0.0121. The molecule has 0 N–H and O–H groups in total. The van der Waals surface area contributed by atoms with Gasteiger partial charge in [-0.3, -0.25) is 9.69 Å². The van der Waals surface area contributed by atoms with Gasteiger partial charge in [0.05, 0.1) is 0 Å². The molecule has 0 aromatic carbocycles. The van der Waals surface area contributed by atoms with Gasteiger partial charge in [-0.25, -0.2) is 0 Å². The van der Waals surface area contributed by atoms with Gasteiger partial charge < -0.3 is 4.90 Å². The smallest absolute Gasteiger partial charge is 0.243 e. The summed E-state index contributed by atoms with van der Waals surface area (Å²) in [7, 11) is 2.00. The molecule has 13 heavy (non-hydrogen) atoms. The first-order valence-electron chi connectivity index (χ1n) is 4.95. The minimum Gasteiger partial charge on any atom is -0.341 e. The summed E-state index contributed by atoms with van der Waals surface area (Å²) in [4.78, 5) is 16.0. The first-order chi connectivity index (χ1) is 6.29. The second-order valence-corrected chi connectivity index (χ2v) is 3.84. The molecular weight excluding hydrogens is 164 g/mol. The standard InChI is InChI=1S/C10H16N2O/c1-11-6-4-5-9(11)10(13)12-7-2-3-8-12/h4-5,9H,2-3,6-8H2,1H3. The Labute approximate surface area is 79.0 Å². The third kappa shape index (κ3) is 1.61. The van der Waals surface area contributed by atoms with Crippen molar-refractivity contribution in [2.75, 3.05) is 26.7 Å². The van der Waals surface area contributed by atoms with Gasteiger partial charge in [0.25, 0.3) is 0 Å². The maximum atomic E-state index is 11.9. The van der Waals surface area contributed by atoms with Crippen LogP contribution in [0.25, 0.3) is 0 Å². The second kappa shape index (κ2) is 3.50. The lowest BCUT2D eigenvalue weighted by Gasteiger charge is -2.24. The lowest BCUT2D eigenvalue weighted by atomic mass is 10.2. The molecule has 2 heterocycles. The molecule has 3 heteroatoms. The quantitative estimate of drug-likeness (QED) is 0.548. The highest BCUT2D eigenvalue weighted by Crippen LogP contribution is 2.14. The fraction of sp³-hybridized carbons (Fsp3) is 0.700. The maximum Gasteiger partial charge on any atom is 0.243 e. The molecule has 2 aliphatic heterocycles. The van der Waals surface area contributed by atoms with Gasteiger partial charge in [-0.2, -0.15) is 0 Å². The molecule has 0 aromatic heterocycles. The van der Waals surface area contributed by atoms with E-state index in [2.05, 4.69) is 11.0 Å². The zero-order valence-electron chi connectivity index (χ0n) is 8.07. The molecule has 1 amide bonds. The first kappa shape index (κ1) is 8.75. The van der Waals surface area contributed by atoms with Crippen LogP contribution in [0.3, 0.4) is 0 Å². The van der Waals surface area contributed by atoms with Crippen LogP contribution in [0.15, 0.2) is 12.2 Å². The summed E-state index contributed by atoms with van der Waals surface area (Å²) in [6.07, 6.45) is 6.43. The van der Waals surface area contributed by atoms with E-state index in [-0.39, 0.29) is 11.9 Å². The maximum absolute atomic E-state index is 11.9. The number of nitrogens with zero attached hydrogens (tertiary/aromatic N) is 2. The predicted octanol–water partition coefficient (Wildman–Crippen LogP) is 0.479. The summed E-state index contributed by atoms with van der Waals surface area (Å²) >= 11 is 0. The number of amides is 1. The highest BCUT2D eigenvalue weighted by atomic mass is 16.2. The zero-order chi connectivity index (χ0) is 9.26. The molecule has 0 aliphatic carbocycles. The predicted molar refractivity (Wildman–Crippen MR) is 51.4 cm³/mol. The molecular formula is C10H16N2O. The Hall–Kier alpha value is -0.830. The zero-order valence-corrected chi connectivity index (χ0v) is 8.07. The Morgan fingerprint density at radius 2 is 2.08 bits per heavy atom. The number of carbonyl (C=O) groups excluding carboxylic acids is 1. The third-order valence-electron chi connectivity index (χ3n) is 2.86. The van der Waals surface area contributed by atoms with Crippen molar-refractivity contribution >= 4 is 5.91 Å². The monoisotopic (exact) mass is 180 g/mol. The molecule has 72 valence electrons. The average molecular weight is 180 g/mol. The van der Waals surface area contributed by atoms with Crippen molar-refractivity contribution in [1.29, 1.82) is 0 Å². The van der Waals surface area contributed by atoms with Crippen molar-refractivity contribution in [2.45, 2.75) is 18.9 Å². The average Bonchev–Trinajstić information content (AvgIpc) is 2.72. The number of rotatable bonds is 1. The van der Waals surface area contributed by atoms with Gasteiger partial charge in [-0.1, -0.05) is 12.2 Å². The summed E-state index contributed by atoms with van der Waals surface area (Å²) < 4.78 is 0. The van der Waals surface area contributed by atoms with Crippen LogP contribution in [0.4, 0.5) is 0 Å². The van der Waals surface area contributed by atoms with Crippen LogP contribution >= 0.6 is 0 Å². The fourth-order valence-corrected chi connectivity index (χ4v) is 2.01. The Balaban J connectivity index is 1.99. The van der Waals surface area contributed by atoms with Gasteiger partial charge in [-0.05, 0) is 19.9 Å². The van der Waals surface area contributed by atoms with Gasteiger partial charge in [0, 0.05) is 19.6 Å². The molecule has 0 aromatic rings. The summed E-state index contributed by atoms with van der Waals surface area (Å²) in [5.41, 5.74) is 0. The van der Waals surface area contributed by atoms with Crippen molar-refractivity contribution in [3.8, 4) is 0 Å². The van der Waals surface area contributed by atoms with E-state index in [1.54, 1.807) is 0 Å². The molecule has 0 spiro atoms. The minimum absolute atomic E-state index is 0.0121. The second-order valence-electron chi connectivity index (χ2n) is 3.84. The Kier molecular flexibility index (Phi) is 2.36. The molecule has 0 bridgehead atoms. The number of hydrogen-bond donors (Lipinski definition) is 0. The lowest BCUT2D eigenvalue weighted by molar-refractivity contribution is -0.133. The van der Waals surface area contributed by atoms with E-state index in [0.29, 0.717) is 0 Å². The highest BCUT2D eigenvalue weighted by Gasteiger charge is 2.29. The summed E-state index contributed by atoms with van der Waals surface area (Å²) in [6.45, 7) is 2.82. The number of likely N-dealkylation sites (N-methyl/N-ethyl adjacent to an activating group) is 1. The fourth-order valence-electron chi connectivity index (χ4n) is 2.01. The van der Waals surface area contributed by atoms with Gasteiger partial charge in [-0.15, -0.1) is 0 Å². The summed E-state index contributed by atoms with van der Waals surface area (Å²) in [5.74, 6) is 0.286. The molecule has 1 unspecified atom stereocenters. The van der Waals surface area contributed by atoms with Crippen molar-refractivity contribution < 1.29 is 4.79 Å². The number of likely N-dealkylation sites (tertiary alicyclic amines) is 1. The van der Waals surface area contributed by atoms with E-state index in [4.69, 9.17) is 0 Å². The molecule has 2 rings (SSSR count). The number of carbonyl (C=O) groups is 1. The first-order valence-corrected chi connectivity index (χ1v) is 4.95. The van der Waals surface area contributed by atoms with Crippen molar-refractivity contribution in [3.05, 3.63) is 12.2 Å². The molecule has 1 atom stereocenters. The molecule has 1 fully saturated rings. The van der Waals surface area contributed by atoms with Crippen molar-refractivity contribution in [2.24, 2.45) is 0 Å². The van der Waals surface area contributed by atoms with E-state index in [1.165, 1.54) is 12.8 Å². The molecule has 0 radical (unpaired) electrons. The van der Waals surface area contributed by atoms with Crippen LogP contribution < -0.4 is 0 Å². The Morgan fingerprint density at radius 3 is 2.62 bits per heavy atom. The third-order valence-corrected chi connectivity index (χ3v) is 2.86. The molecule has 0 saturated carbocycles. The van der Waals surface area contributed by atoms with Crippen LogP contribution in [0.1, 0.15) is 12.8 Å². The Morgan fingerprint density at radius 1 is 1.38 bits per heavy atom. The molecule has 1 saturated heterocycles. The van der Waals surface area contributed by atoms with Gasteiger partial charge in [0.2, 0.25) is 5.91 Å². The van der Waals surface area contributed by atoms with E-state index in [1.807, 2.05) is 18.0 Å². The van der Waals surface area contributed by atoms with Crippen LogP contribution in [0.5, 0.6) is 0 Å². The van der Waals surface area contributed by atoms with Gasteiger partial charge in [0.15, 0.2) is 0 Å². The lowest BCUT2D eigenvalue weighted by Crippen LogP contribution is -2.42. The van der Waals surface area contributed by atoms with E-state index < -0.39 is 0 Å². The van der Waals surface area contributed by atoms with Crippen LogP contribution in [-0.4, -0.2) is 48.4 Å². The Bertz CT molecular complexity index is 231. The molecule has 3 nitrogen and oxygen atoms in total. The van der Waals surface area contributed by atoms with Crippen molar-refractivity contribution in [3.63, 3.8) is 0 Å². The topological polar surface area (TPSA) is 23.6 Å². The van der Waals surface area contributed by atoms with Crippen LogP contribution in [0.2, 0.25) is 0 Å². The van der Waals surface area contributed by atoms with Crippen LogP contribution in [-0.2, 0) is 4.79 Å². The highest BCUT2D eigenvalue weighted by molar-refractivity contribution is 5.84. The molecule has 2 aliphatic rings. The van der Waals surface area contributed by atoms with Crippen LogP contribution in [0, 0.1) is 0 Å². The van der Waals surface area contributed by atoms with E-state index in [0.717, 1.165) is 19.6 Å². The van der Waals surface area contributed by atoms with E-state index in [9.17, 15) is 4.79 Å². The van der Waals surface area contributed by atoms with E-state index >= 15 is 0 Å². The number of hydrogen-bond acceptors (Lipinski definition) is 2. The van der Waals surface area contributed by atoms with Gasteiger partial charge in [0.1, 0.15) is 6.04 Å². The van der Waals surface area contributed by atoms with Crippen molar-refractivity contribution in [1.82, 2.24) is 9.80 Å². The largest absolute Gasteiger partial charge is 0.341 e. The summed E-state index contributed by atoms with van der Waals surface area (Å²) in [5, 5.41) is 0. The normalized spacial score (nSPS) is 28.7. The van der Waals surface area contributed by atoms with Gasteiger partial charge >= 0.3 is 0 Å².